The molecule has 1 aromatic carbocycles. The normalized spacial score (nSPS) is 13.4. The highest BCUT2D eigenvalue weighted by atomic mass is 19.3. The minimum absolute atomic E-state index is 0.0558. The van der Waals surface area contributed by atoms with Gasteiger partial charge in [-0.1, -0.05) is 12.1 Å². The number of amides is 2. The Morgan fingerprint density at radius 2 is 1.88 bits per heavy atom. The van der Waals surface area contributed by atoms with Crippen LogP contribution in [0, 0.1) is 0 Å². The van der Waals surface area contributed by atoms with E-state index in [0.29, 0.717) is 5.56 Å². The summed E-state index contributed by atoms with van der Waals surface area (Å²) >= 11 is 0. The standard InChI is InChI=1S/C16H20F2N4O2/c1-10(12-5-4-6-14(7-12)24-15(17)18)20-16(23)21-11(2)13-8-19-22(3)9-13/h4-11,15H,1-3H3,(H2,20,21,23)/t10-,11-/m0/s1. The number of carbonyl (C=O) groups is 1. The van der Waals surface area contributed by atoms with Gasteiger partial charge in [0.2, 0.25) is 0 Å². The van der Waals surface area contributed by atoms with Gasteiger partial charge in [-0.2, -0.15) is 13.9 Å². The molecule has 0 aliphatic carbocycles. The largest absolute Gasteiger partial charge is 0.435 e. The number of rotatable bonds is 6. The minimum Gasteiger partial charge on any atom is -0.435 e. The number of halogens is 2. The van der Waals surface area contributed by atoms with Crippen molar-refractivity contribution in [2.75, 3.05) is 0 Å². The summed E-state index contributed by atoms with van der Waals surface area (Å²) in [7, 11) is 1.80. The van der Waals surface area contributed by atoms with Crippen LogP contribution >= 0.6 is 0 Å². The Bertz CT molecular complexity index is 690. The molecule has 0 radical (unpaired) electrons. The predicted molar refractivity (Wildman–Crippen MR) is 84.8 cm³/mol. The van der Waals surface area contributed by atoms with Crippen LogP contribution in [0.5, 0.6) is 5.75 Å². The topological polar surface area (TPSA) is 68.2 Å². The second-order valence-electron chi connectivity index (χ2n) is 5.46. The molecule has 1 aromatic heterocycles. The third-order valence-corrected chi connectivity index (χ3v) is 3.50. The Kier molecular flexibility index (Phi) is 5.73. The van der Waals surface area contributed by atoms with Crippen LogP contribution in [0.1, 0.15) is 37.1 Å². The van der Waals surface area contributed by atoms with Gasteiger partial charge < -0.3 is 15.4 Å². The molecule has 0 spiro atoms. The fourth-order valence-electron chi connectivity index (χ4n) is 2.23. The summed E-state index contributed by atoms with van der Waals surface area (Å²) in [6.45, 7) is 0.723. The number of carbonyl (C=O) groups excluding carboxylic acids is 1. The van der Waals surface area contributed by atoms with Crippen molar-refractivity contribution in [3.63, 3.8) is 0 Å². The van der Waals surface area contributed by atoms with E-state index in [9.17, 15) is 13.6 Å². The van der Waals surface area contributed by atoms with Crippen molar-refractivity contribution in [1.82, 2.24) is 20.4 Å². The fourth-order valence-corrected chi connectivity index (χ4v) is 2.23. The number of benzene rings is 1. The van der Waals surface area contributed by atoms with Crippen LogP contribution in [0.4, 0.5) is 13.6 Å². The molecule has 2 N–H and O–H groups in total. The zero-order chi connectivity index (χ0) is 17.7. The van der Waals surface area contributed by atoms with E-state index in [2.05, 4.69) is 20.5 Å². The van der Waals surface area contributed by atoms with Crippen molar-refractivity contribution in [2.24, 2.45) is 7.05 Å². The summed E-state index contributed by atoms with van der Waals surface area (Å²) in [5.41, 5.74) is 1.55. The van der Waals surface area contributed by atoms with Gasteiger partial charge in [0.25, 0.3) is 0 Å². The minimum atomic E-state index is -2.88. The van der Waals surface area contributed by atoms with Gasteiger partial charge in [-0.15, -0.1) is 0 Å². The highest BCUT2D eigenvalue weighted by Gasteiger charge is 2.15. The van der Waals surface area contributed by atoms with E-state index in [0.717, 1.165) is 5.56 Å². The zero-order valence-corrected chi connectivity index (χ0v) is 13.7. The molecule has 130 valence electrons. The Morgan fingerprint density at radius 3 is 2.46 bits per heavy atom. The molecule has 24 heavy (non-hydrogen) atoms. The van der Waals surface area contributed by atoms with E-state index in [4.69, 9.17) is 0 Å². The van der Waals surface area contributed by atoms with Crippen molar-refractivity contribution in [3.8, 4) is 5.75 Å². The lowest BCUT2D eigenvalue weighted by Crippen LogP contribution is -2.38. The average molecular weight is 338 g/mol. The predicted octanol–water partition coefficient (Wildman–Crippen LogP) is 3.14. The monoisotopic (exact) mass is 338 g/mol. The first-order valence-corrected chi connectivity index (χ1v) is 7.45. The number of hydrogen-bond donors (Lipinski definition) is 2. The quantitative estimate of drug-likeness (QED) is 0.850. The third kappa shape index (κ3) is 4.94. The molecule has 2 aromatic rings. The number of aromatic nitrogens is 2. The lowest BCUT2D eigenvalue weighted by atomic mass is 10.1. The van der Waals surface area contributed by atoms with Gasteiger partial charge in [-0.25, -0.2) is 4.79 Å². The first-order valence-electron chi connectivity index (χ1n) is 7.45. The second kappa shape index (κ2) is 7.76. The summed E-state index contributed by atoms with van der Waals surface area (Å²) in [5.74, 6) is 0.0558. The Hall–Kier alpha value is -2.64. The zero-order valence-electron chi connectivity index (χ0n) is 13.7. The lowest BCUT2D eigenvalue weighted by molar-refractivity contribution is -0.0499. The molecule has 0 saturated carbocycles. The van der Waals surface area contributed by atoms with Gasteiger partial charge in [0.1, 0.15) is 5.75 Å². The van der Waals surface area contributed by atoms with Crippen LogP contribution in [0.3, 0.4) is 0 Å². The molecule has 6 nitrogen and oxygen atoms in total. The van der Waals surface area contributed by atoms with Crippen molar-refractivity contribution in [2.45, 2.75) is 32.5 Å². The van der Waals surface area contributed by atoms with Gasteiger partial charge in [-0.3, -0.25) is 4.68 Å². The Balaban J connectivity index is 1.93. The summed E-state index contributed by atoms with van der Waals surface area (Å²) in [4.78, 5) is 12.1. The molecular weight excluding hydrogens is 318 g/mol. The van der Waals surface area contributed by atoms with Crippen LogP contribution < -0.4 is 15.4 Å². The van der Waals surface area contributed by atoms with Crippen LogP contribution in [-0.2, 0) is 7.05 Å². The van der Waals surface area contributed by atoms with Crippen molar-refractivity contribution >= 4 is 6.03 Å². The maximum Gasteiger partial charge on any atom is 0.387 e. The van der Waals surface area contributed by atoms with Gasteiger partial charge in [0.15, 0.2) is 0 Å². The molecule has 2 amide bonds. The average Bonchev–Trinajstić information content (AvgIpc) is 2.93. The number of ether oxygens (including phenoxy) is 1. The van der Waals surface area contributed by atoms with E-state index in [1.165, 1.54) is 12.1 Å². The SMILES string of the molecule is C[C@H](NC(=O)N[C@@H](C)c1cnn(C)c1)c1cccc(OC(F)F)c1. The number of urea groups is 1. The van der Waals surface area contributed by atoms with Gasteiger partial charge in [-0.05, 0) is 31.5 Å². The molecular formula is C16H20F2N4O2. The van der Waals surface area contributed by atoms with Gasteiger partial charge in [0.05, 0.1) is 18.3 Å². The highest BCUT2D eigenvalue weighted by molar-refractivity contribution is 5.74. The number of hydrogen-bond acceptors (Lipinski definition) is 3. The molecule has 2 atom stereocenters. The van der Waals surface area contributed by atoms with Gasteiger partial charge in [0, 0.05) is 18.8 Å². The van der Waals surface area contributed by atoms with Crippen molar-refractivity contribution in [3.05, 3.63) is 47.8 Å². The smallest absolute Gasteiger partial charge is 0.387 e. The number of nitrogens with one attached hydrogen (secondary N) is 2. The maximum atomic E-state index is 12.3. The first-order chi connectivity index (χ1) is 11.3. The summed E-state index contributed by atoms with van der Waals surface area (Å²) in [5, 5.41) is 9.62. The molecule has 0 unspecified atom stereocenters. The fraction of sp³-hybridized carbons (Fsp3) is 0.375. The van der Waals surface area contributed by atoms with E-state index in [1.807, 2.05) is 13.1 Å². The van der Waals surface area contributed by atoms with Crippen LogP contribution in [0.25, 0.3) is 0 Å². The van der Waals surface area contributed by atoms with Crippen LogP contribution in [0.15, 0.2) is 36.7 Å². The summed E-state index contributed by atoms with van der Waals surface area (Å²) in [6.07, 6.45) is 3.50. The second-order valence-corrected chi connectivity index (χ2v) is 5.46. The number of aryl methyl sites for hydroxylation is 1. The molecule has 8 heteroatoms. The molecule has 1 heterocycles. The van der Waals surface area contributed by atoms with Crippen LogP contribution in [-0.4, -0.2) is 22.4 Å². The molecule has 0 fully saturated rings. The van der Waals surface area contributed by atoms with Crippen LogP contribution in [0.2, 0.25) is 0 Å². The van der Waals surface area contributed by atoms with E-state index in [-0.39, 0.29) is 23.9 Å². The summed E-state index contributed by atoms with van der Waals surface area (Å²) < 4.78 is 30.5. The summed E-state index contributed by atoms with van der Waals surface area (Å²) in [6, 6.07) is 5.30. The molecule has 2 rings (SSSR count). The van der Waals surface area contributed by atoms with E-state index in [1.54, 1.807) is 37.0 Å². The number of nitrogens with zero attached hydrogens (tertiary/aromatic N) is 2. The highest BCUT2D eigenvalue weighted by Crippen LogP contribution is 2.20. The van der Waals surface area contributed by atoms with Crippen molar-refractivity contribution < 1.29 is 18.3 Å². The molecule has 0 aliphatic rings. The molecule has 0 bridgehead atoms. The lowest BCUT2D eigenvalue weighted by Gasteiger charge is -2.18. The number of alkyl halides is 2. The van der Waals surface area contributed by atoms with Crippen molar-refractivity contribution in [1.29, 1.82) is 0 Å². The Morgan fingerprint density at radius 1 is 1.21 bits per heavy atom. The van der Waals surface area contributed by atoms with E-state index < -0.39 is 6.61 Å². The maximum absolute atomic E-state index is 12.3. The van der Waals surface area contributed by atoms with Gasteiger partial charge >= 0.3 is 12.6 Å². The Labute approximate surface area is 138 Å². The molecule has 0 aliphatic heterocycles. The third-order valence-electron chi connectivity index (χ3n) is 3.50. The first kappa shape index (κ1) is 17.7. The van der Waals surface area contributed by atoms with E-state index >= 15 is 0 Å². The molecule has 0 saturated heterocycles.